The molecule has 0 aliphatic carbocycles. The quantitative estimate of drug-likeness (QED) is 0.768. The number of hydrogen-bond donors (Lipinski definition) is 0. The van der Waals surface area contributed by atoms with Gasteiger partial charge < -0.3 is 9.47 Å². The Morgan fingerprint density at radius 2 is 2.00 bits per heavy atom. The minimum absolute atomic E-state index is 0.199. The Kier molecular flexibility index (Phi) is 4.02. The minimum Gasteiger partial charge on any atom is -0.490 e. The molecule has 0 radical (unpaired) electrons. The van der Waals surface area contributed by atoms with E-state index < -0.39 is 0 Å². The van der Waals surface area contributed by atoms with Gasteiger partial charge in [0.25, 0.3) is 0 Å². The highest BCUT2D eigenvalue weighted by Crippen LogP contribution is 2.26. The largest absolute Gasteiger partial charge is 0.490 e. The first-order valence-corrected chi connectivity index (χ1v) is 6.45. The second-order valence-corrected chi connectivity index (χ2v) is 5.06. The Morgan fingerprint density at radius 3 is 2.50 bits per heavy atom. The van der Waals surface area contributed by atoms with E-state index in [0.717, 1.165) is 36.0 Å². The van der Waals surface area contributed by atoms with Gasteiger partial charge in [-0.2, -0.15) is 0 Å². The monoisotopic (exact) mass is 248 g/mol. The fraction of sp³-hybridized carbons (Fsp3) is 0.533. The molecule has 2 unspecified atom stereocenters. The lowest BCUT2D eigenvalue weighted by atomic mass is 10.1. The second kappa shape index (κ2) is 5.53. The molecule has 1 aliphatic rings. The zero-order valence-corrected chi connectivity index (χ0v) is 11.2. The number of carbonyl (C=O) groups excluding carboxylic acids is 1. The van der Waals surface area contributed by atoms with Crippen molar-refractivity contribution in [3.8, 4) is 5.75 Å². The number of aryl methyl sites for hydroxylation is 2. The summed E-state index contributed by atoms with van der Waals surface area (Å²) >= 11 is 0. The van der Waals surface area contributed by atoms with Crippen molar-refractivity contribution in [2.75, 3.05) is 6.61 Å². The molecule has 0 aromatic heterocycles. The van der Waals surface area contributed by atoms with Gasteiger partial charge in [0, 0.05) is 5.56 Å². The normalized spacial score (nSPS) is 23.1. The summed E-state index contributed by atoms with van der Waals surface area (Å²) in [7, 11) is 0. The smallest absolute Gasteiger partial charge is 0.150 e. The lowest BCUT2D eigenvalue weighted by Gasteiger charge is -2.16. The summed E-state index contributed by atoms with van der Waals surface area (Å²) in [6, 6.07) is 3.71. The molecule has 0 spiro atoms. The van der Waals surface area contributed by atoms with Crippen LogP contribution in [0, 0.1) is 13.8 Å². The fourth-order valence-electron chi connectivity index (χ4n) is 2.46. The first-order chi connectivity index (χ1) is 8.60. The van der Waals surface area contributed by atoms with Gasteiger partial charge in [0.15, 0.2) is 0 Å². The number of benzene rings is 1. The number of aldehydes is 1. The summed E-state index contributed by atoms with van der Waals surface area (Å²) in [5, 5.41) is 0. The molecule has 3 nitrogen and oxygen atoms in total. The van der Waals surface area contributed by atoms with Crippen molar-refractivity contribution in [3.05, 3.63) is 28.8 Å². The van der Waals surface area contributed by atoms with Gasteiger partial charge in [-0.3, -0.25) is 4.79 Å². The molecule has 2 atom stereocenters. The van der Waals surface area contributed by atoms with E-state index in [1.807, 2.05) is 26.0 Å². The maximum atomic E-state index is 10.8. The van der Waals surface area contributed by atoms with Gasteiger partial charge in [0.1, 0.15) is 18.6 Å². The Hall–Kier alpha value is -1.35. The van der Waals surface area contributed by atoms with Crippen LogP contribution in [0.4, 0.5) is 0 Å². The molecular formula is C15H20O3. The summed E-state index contributed by atoms with van der Waals surface area (Å²) in [6.45, 7) is 6.61. The average molecular weight is 248 g/mol. The molecule has 0 amide bonds. The van der Waals surface area contributed by atoms with Crippen LogP contribution in [0.1, 0.15) is 41.3 Å². The second-order valence-electron chi connectivity index (χ2n) is 5.06. The molecule has 1 fully saturated rings. The Bertz CT molecular complexity index is 416. The van der Waals surface area contributed by atoms with E-state index in [0.29, 0.717) is 18.3 Å². The lowest BCUT2D eigenvalue weighted by molar-refractivity contribution is 0.0262. The maximum Gasteiger partial charge on any atom is 0.150 e. The fourth-order valence-corrected chi connectivity index (χ4v) is 2.46. The van der Waals surface area contributed by atoms with Crippen LogP contribution >= 0.6 is 0 Å². The van der Waals surface area contributed by atoms with Gasteiger partial charge in [0.2, 0.25) is 0 Å². The van der Waals surface area contributed by atoms with Crippen molar-refractivity contribution >= 4 is 6.29 Å². The zero-order valence-electron chi connectivity index (χ0n) is 11.2. The van der Waals surface area contributed by atoms with Crippen LogP contribution < -0.4 is 4.74 Å². The van der Waals surface area contributed by atoms with E-state index in [1.54, 1.807) is 0 Å². The third kappa shape index (κ3) is 2.91. The van der Waals surface area contributed by atoms with Crippen LogP contribution in [0.5, 0.6) is 5.75 Å². The van der Waals surface area contributed by atoms with Crippen LogP contribution in [0.3, 0.4) is 0 Å². The molecule has 2 rings (SSSR count). The highest BCUT2D eigenvalue weighted by atomic mass is 16.5. The molecule has 0 bridgehead atoms. The lowest BCUT2D eigenvalue weighted by Crippen LogP contribution is -2.18. The van der Waals surface area contributed by atoms with Crippen molar-refractivity contribution in [2.45, 2.75) is 45.8 Å². The zero-order chi connectivity index (χ0) is 13.1. The highest BCUT2D eigenvalue weighted by molar-refractivity contribution is 5.76. The van der Waals surface area contributed by atoms with Gasteiger partial charge in [-0.15, -0.1) is 0 Å². The number of ether oxygens (including phenoxy) is 2. The standard InChI is InChI=1S/C15H20O3/c1-10-6-13(8-16)7-11(2)15(10)17-9-14-5-4-12(3)18-14/h6-8,12,14H,4-5,9H2,1-3H3. The molecular weight excluding hydrogens is 228 g/mol. The molecule has 0 N–H and O–H groups in total. The summed E-state index contributed by atoms with van der Waals surface area (Å²) in [5.74, 6) is 0.878. The van der Waals surface area contributed by atoms with Gasteiger partial charge in [-0.1, -0.05) is 0 Å². The van der Waals surface area contributed by atoms with E-state index in [4.69, 9.17) is 9.47 Å². The number of rotatable bonds is 4. The molecule has 18 heavy (non-hydrogen) atoms. The van der Waals surface area contributed by atoms with E-state index in [9.17, 15) is 4.79 Å². The number of carbonyl (C=O) groups is 1. The predicted octanol–water partition coefficient (Wildman–Crippen LogP) is 3.06. The Labute approximate surface area is 108 Å². The average Bonchev–Trinajstić information content (AvgIpc) is 2.73. The molecule has 1 aliphatic heterocycles. The number of hydrogen-bond acceptors (Lipinski definition) is 3. The minimum atomic E-state index is 0.199. The molecule has 1 heterocycles. The van der Waals surface area contributed by atoms with Gasteiger partial charge in [-0.25, -0.2) is 0 Å². The summed E-state index contributed by atoms with van der Waals surface area (Å²) < 4.78 is 11.6. The van der Waals surface area contributed by atoms with Crippen LogP contribution in [-0.4, -0.2) is 25.1 Å². The highest BCUT2D eigenvalue weighted by Gasteiger charge is 2.22. The van der Waals surface area contributed by atoms with Crippen molar-refractivity contribution < 1.29 is 14.3 Å². The topological polar surface area (TPSA) is 35.5 Å². The van der Waals surface area contributed by atoms with Crippen LogP contribution in [0.2, 0.25) is 0 Å². The van der Waals surface area contributed by atoms with Crippen molar-refractivity contribution in [1.82, 2.24) is 0 Å². The third-order valence-electron chi connectivity index (χ3n) is 3.35. The molecule has 1 aromatic carbocycles. The van der Waals surface area contributed by atoms with E-state index in [-0.39, 0.29) is 6.10 Å². The predicted molar refractivity (Wildman–Crippen MR) is 70.4 cm³/mol. The molecule has 1 saturated heterocycles. The summed E-state index contributed by atoms with van der Waals surface area (Å²) in [4.78, 5) is 10.8. The molecule has 1 aromatic rings. The first kappa shape index (κ1) is 13.1. The van der Waals surface area contributed by atoms with Crippen LogP contribution in [-0.2, 0) is 4.74 Å². The maximum absolute atomic E-state index is 10.8. The van der Waals surface area contributed by atoms with Crippen LogP contribution in [0.15, 0.2) is 12.1 Å². The van der Waals surface area contributed by atoms with E-state index >= 15 is 0 Å². The molecule has 3 heteroatoms. The van der Waals surface area contributed by atoms with Gasteiger partial charge in [0.05, 0.1) is 12.2 Å². The van der Waals surface area contributed by atoms with E-state index in [1.165, 1.54) is 0 Å². The van der Waals surface area contributed by atoms with Crippen molar-refractivity contribution in [1.29, 1.82) is 0 Å². The first-order valence-electron chi connectivity index (χ1n) is 6.45. The van der Waals surface area contributed by atoms with Crippen LogP contribution in [0.25, 0.3) is 0 Å². The van der Waals surface area contributed by atoms with Crippen molar-refractivity contribution in [2.24, 2.45) is 0 Å². The third-order valence-corrected chi connectivity index (χ3v) is 3.35. The molecule has 98 valence electrons. The summed E-state index contributed by atoms with van der Waals surface area (Å²) in [6.07, 6.45) is 3.58. The van der Waals surface area contributed by atoms with Gasteiger partial charge in [-0.05, 0) is 56.9 Å². The van der Waals surface area contributed by atoms with Crippen molar-refractivity contribution in [3.63, 3.8) is 0 Å². The van der Waals surface area contributed by atoms with Gasteiger partial charge >= 0.3 is 0 Å². The Balaban J connectivity index is 2.03. The SMILES string of the molecule is Cc1cc(C=O)cc(C)c1OCC1CCC(C)O1. The van der Waals surface area contributed by atoms with E-state index in [2.05, 4.69) is 6.92 Å². The molecule has 0 saturated carbocycles. The summed E-state index contributed by atoms with van der Waals surface area (Å²) in [5.41, 5.74) is 2.70. The Morgan fingerprint density at radius 1 is 1.33 bits per heavy atom.